The van der Waals surface area contributed by atoms with E-state index in [0.29, 0.717) is 5.65 Å². The lowest BCUT2D eigenvalue weighted by Gasteiger charge is -2.01. The molecule has 0 unspecified atom stereocenters. The number of H-pyrrole nitrogens is 1. The second kappa shape index (κ2) is 3.57. The molecule has 0 atom stereocenters. The van der Waals surface area contributed by atoms with Gasteiger partial charge in [-0.1, -0.05) is 30.3 Å². The third-order valence-electron chi connectivity index (χ3n) is 2.31. The van der Waals surface area contributed by atoms with Crippen LogP contribution in [0.4, 0.5) is 0 Å². The molecule has 3 aromatic rings. The number of imidazole rings is 1. The van der Waals surface area contributed by atoms with Crippen molar-refractivity contribution >= 4 is 22.8 Å². The highest BCUT2D eigenvalue weighted by Crippen LogP contribution is 2.24. The van der Waals surface area contributed by atoms with Crippen molar-refractivity contribution < 1.29 is 0 Å². The Kier molecular flexibility index (Phi) is 2.08. The molecule has 78 valence electrons. The minimum atomic E-state index is 0.207. The summed E-state index contributed by atoms with van der Waals surface area (Å²) in [7, 11) is 0. The average Bonchev–Trinajstić information content (AvgIpc) is 2.77. The second-order valence-corrected chi connectivity index (χ2v) is 3.65. The van der Waals surface area contributed by atoms with Crippen molar-refractivity contribution in [2.24, 2.45) is 0 Å². The highest BCUT2D eigenvalue weighted by molar-refractivity contribution is 6.28. The maximum atomic E-state index is 5.85. The van der Waals surface area contributed by atoms with Crippen LogP contribution in [0.3, 0.4) is 0 Å². The first-order valence-corrected chi connectivity index (χ1v) is 5.14. The van der Waals surface area contributed by atoms with Crippen LogP contribution < -0.4 is 0 Å². The summed E-state index contributed by atoms with van der Waals surface area (Å²) in [4.78, 5) is 15.4. The fourth-order valence-corrected chi connectivity index (χ4v) is 1.78. The second-order valence-electron chi connectivity index (χ2n) is 3.31. The van der Waals surface area contributed by atoms with Gasteiger partial charge in [-0.25, -0.2) is 9.97 Å². The van der Waals surface area contributed by atoms with E-state index in [2.05, 4.69) is 19.9 Å². The van der Waals surface area contributed by atoms with E-state index in [1.54, 1.807) is 6.33 Å². The number of nitrogens with one attached hydrogen (secondary N) is 1. The summed E-state index contributed by atoms with van der Waals surface area (Å²) in [5, 5.41) is 0.207. The van der Waals surface area contributed by atoms with Crippen molar-refractivity contribution in [2.75, 3.05) is 0 Å². The number of benzene rings is 1. The molecule has 2 aromatic heterocycles. The zero-order valence-electron chi connectivity index (χ0n) is 8.18. The Morgan fingerprint density at radius 3 is 2.69 bits per heavy atom. The first kappa shape index (κ1) is 9.30. The van der Waals surface area contributed by atoms with Gasteiger partial charge in [0.25, 0.3) is 0 Å². The molecule has 0 bridgehead atoms. The number of hydrogen-bond acceptors (Lipinski definition) is 3. The molecule has 4 nitrogen and oxygen atoms in total. The Morgan fingerprint density at radius 2 is 1.88 bits per heavy atom. The standard InChI is InChI=1S/C11H7ClN4/c12-11-15-8(7-4-2-1-3-5-7)9-10(16-11)14-6-13-9/h1-6H,(H,13,14,15,16). The molecule has 0 saturated carbocycles. The van der Waals surface area contributed by atoms with E-state index in [4.69, 9.17) is 11.6 Å². The summed E-state index contributed by atoms with van der Waals surface area (Å²) < 4.78 is 0. The number of rotatable bonds is 1. The van der Waals surface area contributed by atoms with Gasteiger partial charge < -0.3 is 4.98 Å². The number of aromatic nitrogens is 4. The van der Waals surface area contributed by atoms with Gasteiger partial charge in [-0.3, -0.25) is 0 Å². The Balaban J connectivity index is 2.34. The molecule has 0 amide bonds. The smallest absolute Gasteiger partial charge is 0.225 e. The van der Waals surface area contributed by atoms with E-state index in [1.807, 2.05) is 30.3 Å². The summed E-state index contributed by atoms with van der Waals surface area (Å²) >= 11 is 5.85. The predicted octanol–water partition coefficient (Wildman–Crippen LogP) is 2.67. The molecule has 0 spiro atoms. The van der Waals surface area contributed by atoms with Crippen LogP contribution in [-0.2, 0) is 0 Å². The van der Waals surface area contributed by atoms with Crippen molar-refractivity contribution in [3.63, 3.8) is 0 Å². The number of halogens is 1. The highest BCUT2D eigenvalue weighted by atomic mass is 35.5. The lowest BCUT2D eigenvalue weighted by atomic mass is 10.1. The van der Waals surface area contributed by atoms with Crippen molar-refractivity contribution in [1.29, 1.82) is 0 Å². The third kappa shape index (κ3) is 1.44. The lowest BCUT2D eigenvalue weighted by molar-refractivity contribution is 1.20. The molecular formula is C11H7ClN4. The van der Waals surface area contributed by atoms with E-state index in [9.17, 15) is 0 Å². The van der Waals surface area contributed by atoms with Gasteiger partial charge in [0.2, 0.25) is 5.28 Å². The molecule has 0 fully saturated rings. The molecule has 3 rings (SSSR count). The van der Waals surface area contributed by atoms with Gasteiger partial charge in [0.05, 0.1) is 6.33 Å². The van der Waals surface area contributed by atoms with Crippen molar-refractivity contribution in [3.05, 3.63) is 41.9 Å². The number of aromatic amines is 1. The molecule has 0 aliphatic heterocycles. The summed E-state index contributed by atoms with van der Waals surface area (Å²) in [6.45, 7) is 0. The zero-order valence-corrected chi connectivity index (χ0v) is 8.94. The van der Waals surface area contributed by atoms with Crippen LogP contribution in [0.5, 0.6) is 0 Å². The minimum absolute atomic E-state index is 0.207. The summed E-state index contributed by atoms with van der Waals surface area (Å²) in [6.07, 6.45) is 1.59. The molecule has 0 radical (unpaired) electrons. The molecule has 1 aromatic carbocycles. The average molecular weight is 231 g/mol. The fraction of sp³-hybridized carbons (Fsp3) is 0. The Labute approximate surface area is 96.3 Å². The largest absolute Gasteiger partial charge is 0.341 e. The lowest BCUT2D eigenvalue weighted by Crippen LogP contribution is -1.90. The monoisotopic (exact) mass is 230 g/mol. The normalized spacial score (nSPS) is 10.8. The van der Waals surface area contributed by atoms with Gasteiger partial charge in [0.15, 0.2) is 5.65 Å². The van der Waals surface area contributed by atoms with E-state index in [0.717, 1.165) is 16.8 Å². The SMILES string of the molecule is Clc1nc(-c2ccccc2)c2[nH]cnc2n1. The first-order chi connectivity index (χ1) is 7.84. The van der Waals surface area contributed by atoms with E-state index in [1.165, 1.54) is 0 Å². The van der Waals surface area contributed by atoms with Gasteiger partial charge in [-0.05, 0) is 11.6 Å². The molecular weight excluding hydrogens is 224 g/mol. The molecule has 0 aliphatic rings. The van der Waals surface area contributed by atoms with Gasteiger partial charge in [-0.2, -0.15) is 4.98 Å². The van der Waals surface area contributed by atoms with Gasteiger partial charge in [0.1, 0.15) is 11.2 Å². The quantitative estimate of drug-likeness (QED) is 0.654. The van der Waals surface area contributed by atoms with Crippen molar-refractivity contribution in [3.8, 4) is 11.3 Å². The maximum absolute atomic E-state index is 5.85. The van der Waals surface area contributed by atoms with Gasteiger partial charge >= 0.3 is 0 Å². The summed E-state index contributed by atoms with van der Waals surface area (Å²) in [5.41, 5.74) is 3.14. The number of nitrogens with zero attached hydrogens (tertiary/aromatic N) is 3. The first-order valence-electron chi connectivity index (χ1n) is 4.76. The van der Waals surface area contributed by atoms with E-state index < -0.39 is 0 Å². The number of hydrogen-bond donors (Lipinski definition) is 1. The molecule has 0 saturated heterocycles. The van der Waals surface area contributed by atoms with E-state index >= 15 is 0 Å². The van der Waals surface area contributed by atoms with Crippen LogP contribution in [0, 0.1) is 0 Å². The van der Waals surface area contributed by atoms with Crippen LogP contribution in [0.1, 0.15) is 0 Å². The minimum Gasteiger partial charge on any atom is -0.341 e. The Morgan fingerprint density at radius 1 is 1.06 bits per heavy atom. The number of fused-ring (bicyclic) bond motifs is 1. The zero-order chi connectivity index (χ0) is 11.0. The summed E-state index contributed by atoms with van der Waals surface area (Å²) in [5.74, 6) is 0. The van der Waals surface area contributed by atoms with Gasteiger partial charge in [0, 0.05) is 5.56 Å². The molecule has 16 heavy (non-hydrogen) atoms. The molecule has 0 aliphatic carbocycles. The van der Waals surface area contributed by atoms with Crippen LogP contribution in [0.2, 0.25) is 5.28 Å². The Bertz CT molecular complexity index is 633. The third-order valence-corrected chi connectivity index (χ3v) is 2.47. The summed E-state index contributed by atoms with van der Waals surface area (Å²) in [6, 6.07) is 9.80. The fourth-order valence-electron chi connectivity index (χ4n) is 1.61. The van der Waals surface area contributed by atoms with E-state index in [-0.39, 0.29) is 5.28 Å². The highest BCUT2D eigenvalue weighted by Gasteiger charge is 2.09. The molecule has 2 heterocycles. The molecule has 1 N–H and O–H groups in total. The van der Waals surface area contributed by atoms with Crippen LogP contribution in [0.15, 0.2) is 36.7 Å². The van der Waals surface area contributed by atoms with Crippen molar-refractivity contribution in [2.45, 2.75) is 0 Å². The Hall–Kier alpha value is -1.94. The van der Waals surface area contributed by atoms with Crippen LogP contribution >= 0.6 is 11.6 Å². The van der Waals surface area contributed by atoms with Gasteiger partial charge in [-0.15, -0.1) is 0 Å². The van der Waals surface area contributed by atoms with Crippen molar-refractivity contribution in [1.82, 2.24) is 19.9 Å². The predicted molar refractivity (Wildman–Crippen MR) is 62.1 cm³/mol. The maximum Gasteiger partial charge on any atom is 0.225 e. The van der Waals surface area contributed by atoms with Crippen LogP contribution in [0.25, 0.3) is 22.4 Å². The van der Waals surface area contributed by atoms with Crippen LogP contribution in [-0.4, -0.2) is 19.9 Å². The molecule has 5 heteroatoms. The topological polar surface area (TPSA) is 54.5 Å².